The standard InChI is InChI=1S/C20H15ClN2O3S/c1-25-13-8-9-17-18(11-13)27-20(22-17)23(12-14-5-4-10-26-14)19(24)15-6-2-3-7-16(15)21/h2-11H,12H2,1H3. The number of rotatable bonds is 5. The maximum absolute atomic E-state index is 13.2. The molecule has 0 saturated carbocycles. The van der Waals surface area contributed by atoms with Gasteiger partial charge in [0, 0.05) is 0 Å². The van der Waals surface area contributed by atoms with Crippen LogP contribution in [0.15, 0.2) is 65.3 Å². The van der Waals surface area contributed by atoms with Gasteiger partial charge in [0.15, 0.2) is 5.13 Å². The molecule has 0 saturated heterocycles. The molecule has 0 N–H and O–H groups in total. The summed E-state index contributed by atoms with van der Waals surface area (Å²) in [6.45, 7) is 0.258. The van der Waals surface area contributed by atoms with Crippen molar-refractivity contribution < 1.29 is 13.9 Å². The van der Waals surface area contributed by atoms with Crippen molar-refractivity contribution in [3.05, 3.63) is 77.2 Å². The number of hydrogen-bond acceptors (Lipinski definition) is 5. The molecule has 7 heteroatoms. The lowest BCUT2D eigenvalue weighted by molar-refractivity contribution is 0.0983. The Labute approximate surface area is 164 Å². The molecule has 0 aliphatic heterocycles. The first-order valence-electron chi connectivity index (χ1n) is 8.19. The third kappa shape index (κ3) is 3.54. The lowest BCUT2D eigenvalue weighted by atomic mass is 10.2. The van der Waals surface area contributed by atoms with Gasteiger partial charge in [-0.25, -0.2) is 4.98 Å². The average Bonchev–Trinajstić information content (AvgIpc) is 3.34. The van der Waals surface area contributed by atoms with Crippen molar-refractivity contribution in [1.82, 2.24) is 4.98 Å². The van der Waals surface area contributed by atoms with E-state index in [2.05, 4.69) is 4.98 Å². The highest BCUT2D eigenvalue weighted by molar-refractivity contribution is 7.22. The summed E-state index contributed by atoms with van der Waals surface area (Å²) in [6.07, 6.45) is 1.58. The van der Waals surface area contributed by atoms with Gasteiger partial charge in [-0.15, -0.1) is 0 Å². The highest BCUT2D eigenvalue weighted by Gasteiger charge is 2.24. The van der Waals surface area contributed by atoms with Crippen molar-refractivity contribution in [2.75, 3.05) is 12.0 Å². The summed E-state index contributed by atoms with van der Waals surface area (Å²) in [5, 5.41) is 0.967. The van der Waals surface area contributed by atoms with Gasteiger partial charge in [0.2, 0.25) is 0 Å². The summed E-state index contributed by atoms with van der Waals surface area (Å²) in [7, 11) is 1.62. The van der Waals surface area contributed by atoms with Crippen molar-refractivity contribution in [2.24, 2.45) is 0 Å². The Morgan fingerprint density at radius 3 is 2.81 bits per heavy atom. The van der Waals surface area contributed by atoms with Crippen LogP contribution in [0, 0.1) is 0 Å². The quantitative estimate of drug-likeness (QED) is 0.451. The summed E-state index contributed by atoms with van der Waals surface area (Å²) >= 11 is 7.66. The molecule has 4 aromatic rings. The van der Waals surface area contributed by atoms with Crippen molar-refractivity contribution >= 4 is 44.2 Å². The fourth-order valence-electron chi connectivity index (χ4n) is 2.70. The molecule has 2 heterocycles. The number of carbonyl (C=O) groups excluding carboxylic acids is 1. The zero-order valence-corrected chi connectivity index (χ0v) is 16.0. The number of thiazole rings is 1. The summed E-state index contributed by atoms with van der Waals surface area (Å²) in [5.41, 5.74) is 1.22. The van der Waals surface area contributed by atoms with Crippen LogP contribution in [-0.4, -0.2) is 18.0 Å². The molecule has 136 valence electrons. The number of amides is 1. The minimum atomic E-state index is -0.233. The normalized spacial score (nSPS) is 10.9. The van der Waals surface area contributed by atoms with Gasteiger partial charge in [0.25, 0.3) is 5.91 Å². The molecule has 1 amide bonds. The molecule has 0 unspecified atom stereocenters. The third-order valence-electron chi connectivity index (χ3n) is 4.06. The van der Waals surface area contributed by atoms with E-state index in [4.69, 9.17) is 20.8 Å². The van der Waals surface area contributed by atoms with E-state index in [0.717, 1.165) is 16.0 Å². The molecule has 0 fully saturated rings. The van der Waals surface area contributed by atoms with E-state index in [-0.39, 0.29) is 12.5 Å². The molecule has 2 aromatic heterocycles. The highest BCUT2D eigenvalue weighted by Crippen LogP contribution is 2.33. The monoisotopic (exact) mass is 398 g/mol. The van der Waals surface area contributed by atoms with E-state index in [0.29, 0.717) is 21.5 Å². The zero-order chi connectivity index (χ0) is 18.8. The Morgan fingerprint density at radius 1 is 1.22 bits per heavy atom. The van der Waals surface area contributed by atoms with Gasteiger partial charge < -0.3 is 9.15 Å². The minimum Gasteiger partial charge on any atom is -0.497 e. The van der Waals surface area contributed by atoms with Crippen LogP contribution in [0.2, 0.25) is 5.02 Å². The van der Waals surface area contributed by atoms with Gasteiger partial charge >= 0.3 is 0 Å². The van der Waals surface area contributed by atoms with Crippen LogP contribution in [-0.2, 0) is 6.54 Å². The Hall–Kier alpha value is -2.83. The number of carbonyl (C=O) groups is 1. The molecule has 27 heavy (non-hydrogen) atoms. The van der Waals surface area contributed by atoms with Gasteiger partial charge in [-0.2, -0.15) is 0 Å². The second kappa shape index (κ2) is 7.42. The van der Waals surface area contributed by atoms with Crippen molar-refractivity contribution in [3.63, 3.8) is 0 Å². The van der Waals surface area contributed by atoms with Gasteiger partial charge in [-0.05, 0) is 42.5 Å². The number of ether oxygens (including phenoxy) is 1. The molecule has 0 radical (unpaired) electrons. The maximum Gasteiger partial charge on any atom is 0.262 e. The fourth-order valence-corrected chi connectivity index (χ4v) is 3.91. The molecular weight excluding hydrogens is 384 g/mol. The molecule has 5 nitrogen and oxygen atoms in total. The van der Waals surface area contributed by atoms with Gasteiger partial charge in [-0.1, -0.05) is 35.1 Å². The van der Waals surface area contributed by atoms with E-state index in [1.165, 1.54) is 11.3 Å². The highest BCUT2D eigenvalue weighted by atomic mass is 35.5. The number of anilines is 1. The molecule has 0 spiro atoms. The second-order valence-corrected chi connectivity index (χ2v) is 7.20. The third-order valence-corrected chi connectivity index (χ3v) is 5.43. The van der Waals surface area contributed by atoms with Gasteiger partial charge in [0.1, 0.15) is 11.5 Å². The summed E-state index contributed by atoms with van der Waals surface area (Å²) in [6, 6.07) is 16.2. The summed E-state index contributed by atoms with van der Waals surface area (Å²) < 4.78 is 11.6. The van der Waals surface area contributed by atoms with Crippen LogP contribution in [0.1, 0.15) is 16.1 Å². The number of hydrogen-bond donors (Lipinski definition) is 0. The van der Waals surface area contributed by atoms with E-state index >= 15 is 0 Å². The van der Waals surface area contributed by atoms with E-state index in [1.807, 2.05) is 24.3 Å². The second-order valence-electron chi connectivity index (χ2n) is 5.78. The number of aromatic nitrogens is 1. The molecule has 2 aromatic carbocycles. The molecule has 0 aliphatic rings. The van der Waals surface area contributed by atoms with Crippen molar-refractivity contribution in [1.29, 1.82) is 0 Å². The molecule has 4 rings (SSSR count). The van der Waals surface area contributed by atoms with E-state index in [9.17, 15) is 4.79 Å². The average molecular weight is 399 g/mol. The minimum absolute atomic E-state index is 0.233. The van der Waals surface area contributed by atoms with Gasteiger partial charge in [0.05, 0.1) is 40.7 Å². The lowest BCUT2D eigenvalue weighted by Crippen LogP contribution is -2.30. The topological polar surface area (TPSA) is 55.6 Å². The Bertz CT molecular complexity index is 1090. The van der Waals surface area contributed by atoms with Crippen LogP contribution in [0.25, 0.3) is 10.2 Å². The molecule has 0 aliphatic carbocycles. The van der Waals surface area contributed by atoms with Crippen molar-refractivity contribution in [2.45, 2.75) is 6.54 Å². The fraction of sp³-hybridized carbons (Fsp3) is 0.100. The Balaban J connectivity index is 1.78. The zero-order valence-electron chi connectivity index (χ0n) is 14.4. The van der Waals surface area contributed by atoms with Crippen LogP contribution >= 0.6 is 22.9 Å². The first-order valence-corrected chi connectivity index (χ1v) is 9.38. The Kier molecular flexibility index (Phi) is 4.83. The van der Waals surface area contributed by atoms with Crippen LogP contribution < -0.4 is 9.64 Å². The van der Waals surface area contributed by atoms with Crippen molar-refractivity contribution in [3.8, 4) is 5.75 Å². The molecule has 0 atom stereocenters. The number of nitrogens with zero attached hydrogens (tertiary/aromatic N) is 2. The molecular formula is C20H15ClN2O3S. The first kappa shape index (κ1) is 17.6. The van der Waals surface area contributed by atoms with Crippen LogP contribution in [0.5, 0.6) is 5.75 Å². The van der Waals surface area contributed by atoms with Gasteiger partial charge in [-0.3, -0.25) is 9.69 Å². The maximum atomic E-state index is 13.2. The van der Waals surface area contributed by atoms with E-state index < -0.39 is 0 Å². The molecule has 0 bridgehead atoms. The SMILES string of the molecule is COc1ccc2nc(N(Cc3ccco3)C(=O)c3ccccc3Cl)sc2c1. The predicted molar refractivity (Wildman–Crippen MR) is 107 cm³/mol. The first-order chi connectivity index (χ1) is 13.2. The van der Waals surface area contributed by atoms with E-state index in [1.54, 1.807) is 48.6 Å². The van der Waals surface area contributed by atoms with Crippen LogP contribution in [0.3, 0.4) is 0 Å². The number of methoxy groups -OCH3 is 1. The summed E-state index contributed by atoms with van der Waals surface area (Å²) in [4.78, 5) is 19.4. The smallest absolute Gasteiger partial charge is 0.262 e. The number of fused-ring (bicyclic) bond motifs is 1. The predicted octanol–water partition coefficient (Wildman–Crippen LogP) is 5.40. The number of benzene rings is 2. The number of halogens is 1. The largest absolute Gasteiger partial charge is 0.497 e. The van der Waals surface area contributed by atoms with Crippen LogP contribution in [0.4, 0.5) is 5.13 Å². The summed E-state index contributed by atoms with van der Waals surface area (Å²) in [5.74, 6) is 1.17. The number of furan rings is 1. The Morgan fingerprint density at radius 2 is 2.07 bits per heavy atom. The lowest BCUT2D eigenvalue weighted by Gasteiger charge is -2.19.